The number of amides is 1. The third-order valence-electron chi connectivity index (χ3n) is 4.93. The van der Waals surface area contributed by atoms with Crippen LogP contribution in [0.4, 0.5) is 13.2 Å². The first-order chi connectivity index (χ1) is 15.8. The van der Waals surface area contributed by atoms with Crippen LogP contribution in [-0.2, 0) is 12.7 Å². The molecule has 0 aliphatic carbocycles. The van der Waals surface area contributed by atoms with Crippen LogP contribution in [0, 0.1) is 0 Å². The number of fused-ring (bicyclic) bond motifs is 1. The lowest BCUT2D eigenvalue weighted by Gasteiger charge is -2.13. The second-order valence-corrected chi connectivity index (χ2v) is 8.22. The zero-order chi connectivity index (χ0) is 23.4. The average Bonchev–Trinajstić information content (AvgIpc) is 2.82. The summed E-state index contributed by atoms with van der Waals surface area (Å²) in [6.07, 6.45) is -4.49. The zero-order valence-electron chi connectivity index (χ0n) is 17.5. The molecule has 1 N–H and O–H groups in total. The van der Waals surface area contributed by atoms with E-state index < -0.39 is 11.7 Å². The van der Waals surface area contributed by atoms with Crippen LogP contribution < -0.4 is 10.1 Å². The Hall–Kier alpha value is -3.52. The van der Waals surface area contributed by atoms with Gasteiger partial charge in [-0.2, -0.15) is 13.2 Å². The Labute approximate surface area is 192 Å². The fourth-order valence-corrected chi connectivity index (χ4v) is 4.34. The highest BCUT2D eigenvalue weighted by atomic mass is 32.2. The molecule has 0 aliphatic heterocycles. The Morgan fingerprint density at radius 2 is 1.76 bits per heavy atom. The summed E-state index contributed by atoms with van der Waals surface area (Å²) in [4.78, 5) is 17.6. The number of ether oxygens (including phenoxy) is 1. The van der Waals surface area contributed by atoms with Crippen LogP contribution in [-0.4, -0.2) is 18.0 Å². The third-order valence-corrected chi connectivity index (χ3v) is 5.93. The van der Waals surface area contributed by atoms with Crippen molar-refractivity contribution < 1.29 is 22.7 Å². The summed E-state index contributed by atoms with van der Waals surface area (Å²) < 4.78 is 45.5. The first kappa shape index (κ1) is 22.7. The molecule has 0 fully saturated rings. The number of carbonyl (C=O) groups excluding carboxylic acids is 1. The maximum absolute atomic E-state index is 13.4. The number of aromatic nitrogens is 1. The summed E-state index contributed by atoms with van der Waals surface area (Å²) in [6, 6.07) is 21.2. The van der Waals surface area contributed by atoms with E-state index in [0.717, 1.165) is 23.4 Å². The number of hydrogen-bond donors (Lipinski definition) is 1. The molecule has 33 heavy (non-hydrogen) atoms. The quantitative estimate of drug-likeness (QED) is 0.359. The summed E-state index contributed by atoms with van der Waals surface area (Å²) in [5, 5.41) is 3.80. The molecule has 0 atom stereocenters. The van der Waals surface area contributed by atoms with Gasteiger partial charge in [-0.3, -0.25) is 4.79 Å². The van der Waals surface area contributed by atoms with E-state index in [1.807, 2.05) is 24.3 Å². The predicted molar refractivity (Wildman–Crippen MR) is 121 cm³/mol. The van der Waals surface area contributed by atoms with Crippen LogP contribution in [0.3, 0.4) is 0 Å². The van der Waals surface area contributed by atoms with Gasteiger partial charge in [0.05, 0.1) is 23.8 Å². The lowest BCUT2D eigenvalue weighted by atomic mass is 10.1. The molecule has 8 heteroatoms. The van der Waals surface area contributed by atoms with Gasteiger partial charge in [0.1, 0.15) is 10.8 Å². The van der Waals surface area contributed by atoms with Gasteiger partial charge in [-0.1, -0.05) is 54.2 Å². The Balaban J connectivity index is 1.65. The maximum Gasteiger partial charge on any atom is 0.417 e. The van der Waals surface area contributed by atoms with E-state index in [-0.39, 0.29) is 17.3 Å². The maximum atomic E-state index is 13.4. The predicted octanol–water partition coefficient (Wildman–Crippen LogP) is 6.34. The van der Waals surface area contributed by atoms with Crippen LogP contribution >= 0.6 is 11.8 Å². The molecule has 0 spiro atoms. The first-order valence-corrected chi connectivity index (χ1v) is 10.8. The highest BCUT2D eigenvalue weighted by Gasteiger charge is 2.33. The SMILES string of the molecule is COc1cccc(CNC(=O)c2cc(Sc3ccccc3C(F)(F)F)nc3ccccc23)c1. The molecule has 1 amide bonds. The molecular weight excluding hydrogens is 449 g/mol. The van der Waals surface area contributed by atoms with Gasteiger partial charge >= 0.3 is 6.18 Å². The number of nitrogens with zero attached hydrogens (tertiary/aromatic N) is 1. The number of hydrogen-bond acceptors (Lipinski definition) is 4. The van der Waals surface area contributed by atoms with Gasteiger partial charge in [-0.05, 0) is 42.0 Å². The molecule has 1 aromatic heterocycles. The van der Waals surface area contributed by atoms with Crippen molar-refractivity contribution in [2.75, 3.05) is 7.11 Å². The number of rotatable bonds is 6. The molecule has 0 bridgehead atoms. The smallest absolute Gasteiger partial charge is 0.417 e. The van der Waals surface area contributed by atoms with E-state index in [9.17, 15) is 18.0 Å². The highest BCUT2D eigenvalue weighted by Crippen LogP contribution is 2.39. The van der Waals surface area contributed by atoms with E-state index >= 15 is 0 Å². The van der Waals surface area contributed by atoms with Crippen LogP contribution in [0.5, 0.6) is 5.75 Å². The molecule has 0 saturated heterocycles. The summed E-state index contributed by atoms with van der Waals surface area (Å²) in [5.41, 5.74) is 0.984. The normalized spacial score (nSPS) is 11.4. The molecule has 0 unspecified atom stereocenters. The van der Waals surface area contributed by atoms with Crippen LogP contribution in [0.1, 0.15) is 21.5 Å². The number of carbonyl (C=O) groups is 1. The van der Waals surface area contributed by atoms with E-state index in [1.54, 1.807) is 37.4 Å². The van der Waals surface area contributed by atoms with Crippen molar-refractivity contribution in [1.29, 1.82) is 0 Å². The van der Waals surface area contributed by atoms with Gasteiger partial charge in [0.25, 0.3) is 5.91 Å². The second-order valence-electron chi connectivity index (χ2n) is 7.16. The minimum atomic E-state index is -4.49. The average molecular weight is 469 g/mol. The largest absolute Gasteiger partial charge is 0.497 e. The number of benzene rings is 3. The van der Waals surface area contributed by atoms with Gasteiger partial charge in [-0.15, -0.1) is 0 Å². The third kappa shape index (κ3) is 5.28. The van der Waals surface area contributed by atoms with Gasteiger partial charge in [0, 0.05) is 16.8 Å². The van der Waals surface area contributed by atoms with E-state index in [0.29, 0.717) is 27.2 Å². The molecule has 0 saturated carbocycles. The van der Waals surface area contributed by atoms with E-state index in [4.69, 9.17) is 4.74 Å². The minimum Gasteiger partial charge on any atom is -0.497 e. The fraction of sp³-hybridized carbons (Fsp3) is 0.120. The lowest BCUT2D eigenvalue weighted by Crippen LogP contribution is -2.23. The number of alkyl halides is 3. The molecule has 1 heterocycles. The second kappa shape index (κ2) is 9.54. The van der Waals surface area contributed by atoms with Gasteiger partial charge in [0.15, 0.2) is 0 Å². The number of methoxy groups -OCH3 is 1. The lowest BCUT2D eigenvalue weighted by molar-refractivity contribution is -0.139. The molecule has 0 aliphatic rings. The molecule has 0 radical (unpaired) electrons. The standard InChI is InChI=1S/C25H19F3N2O2S/c1-32-17-8-6-7-16(13-17)15-29-24(31)19-14-23(30-21-11-4-2-9-18(19)21)33-22-12-5-3-10-20(22)25(26,27)28/h2-14H,15H2,1H3,(H,29,31). The number of pyridine rings is 1. The van der Waals surface area contributed by atoms with Crippen molar-refractivity contribution in [2.24, 2.45) is 0 Å². The monoisotopic (exact) mass is 468 g/mol. The summed E-state index contributed by atoms with van der Waals surface area (Å²) in [5.74, 6) is 0.334. The van der Waals surface area contributed by atoms with E-state index in [2.05, 4.69) is 10.3 Å². The topological polar surface area (TPSA) is 51.2 Å². The molecule has 4 nitrogen and oxygen atoms in total. The Morgan fingerprint density at radius 3 is 2.55 bits per heavy atom. The van der Waals surface area contributed by atoms with Crippen LogP contribution in [0.2, 0.25) is 0 Å². The van der Waals surface area contributed by atoms with Crippen molar-refractivity contribution in [1.82, 2.24) is 10.3 Å². The number of nitrogens with one attached hydrogen (secondary N) is 1. The molecular formula is C25H19F3N2O2S. The van der Waals surface area contributed by atoms with Crippen molar-refractivity contribution in [3.8, 4) is 5.75 Å². The minimum absolute atomic E-state index is 0.0236. The highest BCUT2D eigenvalue weighted by molar-refractivity contribution is 7.99. The summed E-state index contributed by atoms with van der Waals surface area (Å²) >= 11 is 0.879. The van der Waals surface area contributed by atoms with Gasteiger partial charge in [-0.25, -0.2) is 4.98 Å². The Kier molecular flexibility index (Phi) is 6.55. The summed E-state index contributed by atoms with van der Waals surface area (Å²) in [7, 11) is 1.57. The molecule has 4 aromatic rings. The number of halogens is 3. The Morgan fingerprint density at radius 1 is 1.00 bits per heavy atom. The van der Waals surface area contributed by atoms with Crippen molar-refractivity contribution in [2.45, 2.75) is 22.6 Å². The fourth-order valence-electron chi connectivity index (χ4n) is 3.35. The van der Waals surface area contributed by atoms with Crippen LogP contribution in [0.15, 0.2) is 88.8 Å². The van der Waals surface area contributed by atoms with Crippen molar-refractivity contribution in [3.05, 3.63) is 95.6 Å². The molecule has 4 rings (SSSR count). The zero-order valence-corrected chi connectivity index (χ0v) is 18.3. The van der Waals surface area contributed by atoms with Crippen LogP contribution in [0.25, 0.3) is 10.9 Å². The van der Waals surface area contributed by atoms with Gasteiger partial charge < -0.3 is 10.1 Å². The first-order valence-electron chi connectivity index (χ1n) is 10.00. The van der Waals surface area contributed by atoms with Crippen molar-refractivity contribution >= 4 is 28.6 Å². The molecule has 168 valence electrons. The molecule has 3 aromatic carbocycles. The number of para-hydroxylation sites is 1. The summed E-state index contributed by atoms with van der Waals surface area (Å²) in [6.45, 7) is 0.270. The van der Waals surface area contributed by atoms with Crippen molar-refractivity contribution in [3.63, 3.8) is 0 Å². The van der Waals surface area contributed by atoms with Gasteiger partial charge in [0.2, 0.25) is 0 Å². The van der Waals surface area contributed by atoms with E-state index in [1.165, 1.54) is 18.2 Å². The Bertz CT molecular complexity index is 1310.